The molecule has 0 unspecified atom stereocenters. The van der Waals surface area contributed by atoms with Crippen LogP contribution in [0.2, 0.25) is 0 Å². The van der Waals surface area contributed by atoms with Gasteiger partial charge in [0, 0.05) is 49.2 Å². The Bertz CT molecular complexity index is 2400. The van der Waals surface area contributed by atoms with Crippen molar-refractivity contribution in [3.63, 3.8) is 0 Å². The van der Waals surface area contributed by atoms with Crippen molar-refractivity contribution in [3.8, 4) is 10.6 Å². The van der Waals surface area contributed by atoms with Crippen LogP contribution < -0.4 is 32.3 Å². The molecule has 2 aromatic carbocycles. The molecule has 68 heavy (non-hydrogen) atoms. The zero-order valence-electron chi connectivity index (χ0n) is 36.5. The van der Waals surface area contributed by atoms with Crippen molar-refractivity contribution in [2.75, 3.05) is 37.6 Å². The number of aromatic amines is 1. The molecule has 2 aromatic heterocycles. The van der Waals surface area contributed by atoms with Gasteiger partial charge in [0.05, 0.1) is 48.5 Å². The number of carbonyl (C=O) groups excluding carboxylic acids is 7. The number of benzene rings is 2. The number of anilines is 1. The van der Waals surface area contributed by atoms with Gasteiger partial charge in [0.1, 0.15) is 24.4 Å². The summed E-state index contributed by atoms with van der Waals surface area (Å²) in [6.07, 6.45) is -2.71. The second-order valence-corrected chi connectivity index (χ2v) is 17.2. The third-order valence-electron chi connectivity index (χ3n) is 11.0. The fourth-order valence-electron chi connectivity index (χ4n) is 7.74. The number of rotatable bonds is 22. The van der Waals surface area contributed by atoms with E-state index in [2.05, 4.69) is 25.8 Å². The molecule has 5 atom stereocenters. The summed E-state index contributed by atoms with van der Waals surface area (Å²) in [6.45, 7) is 4.25. The Labute approximate surface area is 440 Å². The van der Waals surface area contributed by atoms with Gasteiger partial charge in [-0.2, -0.15) is 0 Å². The summed E-state index contributed by atoms with van der Waals surface area (Å²) in [6, 6.07) is 11.5. The van der Waals surface area contributed by atoms with Gasteiger partial charge in [-0.1, -0.05) is 56.3 Å². The van der Waals surface area contributed by atoms with Crippen molar-refractivity contribution in [2.45, 2.75) is 76.2 Å². The molecule has 23 heteroatoms. The molecule has 4 aromatic rings. The summed E-state index contributed by atoms with van der Waals surface area (Å²) in [7, 11) is 0. The third-order valence-corrected chi connectivity index (χ3v) is 11.9. The average molecular weight is 978 g/mol. The number of nitrogens with one attached hydrogen (secondary N) is 4. The summed E-state index contributed by atoms with van der Waals surface area (Å²) in [5.74, 6) is -9.51. The van der Waals surface area contributed by atoms with Gasteiger partial charge >= 0.3 is 71.1 Å². The van der Waals surface area contributed by atoms with Gasteiger partial charge in [0.25, 0.3) is 11.8 Å². The van der Waals surface area contributed by atoms with Gasteiger partial charge < -0.3 is 57.2 Å². The number of nitrogens with two attached hydrogens (primary N) is 2. The van der Waals surface area contributed by atoms with Gasteiger partial charge in [0.2, 0.25) is 23.6 Å². The molecule has 6 amide bonds. The van der Waals surface area contributed by atoms with E-state index in [0.717, 1.165) is 10.6 Å². The van der Waals surface area contributed by atoms with Crippen molar-refractivity contribution in [2.24, 2.45) is 17.4 Å². The van der Waals surface area contributed by atoms with E-state index >= 15 is 0 Å². The number of aliphatic carboxylic acids is 2. The molecule has 356 valence electrons. The molecule has 0 bridgehead atoms. The third kappa shape index (κ3) is 15.5. The zero-order chi connectivity index (χ0) is 48.1. The second kappa shape index (κ2) is 27.3. The van der Waals surface area contributed by atoms with Crippen LogP contribution in [-0.4, -0.2) is 201 Å². The molecule has 3 heterocycles. The number of hydrogen-bond acceptors (Lipinski definition) is 13. The Kier molecular flexibility index (Phi) is 23.0. The SMILES string of the molecule is CC(C)C[C@@H](NC(=O)CN)C(=O)N(C(=O)[C@@H](CC(=O)O)NC(=O)[C@@H](CC(=O)N1CCN(c2ccccc2)CC1)NC(=O)[C@@H](N)CC(=O)O)[C@@H](C=O)Cc1c(-c2cccs2)[nH]c2ccccc12.[NaH].[NaH]. The van der Waals surface area contributed by atoms with E-state index in [1.54, 1.807) is 38.1 Å². The number of carboxylic acid groups (broad SMARTS) is 2. The number of fused-ring (bicyclic) bond motifs is 1. The number of para-hydroxylation sites is 2. The molecule has 5 rings (SSSR count). The molecule has 0 radical (unpaired) electrons. The number of piperazine rings is 1. The van der Waals surface area contributed by atoms with Gasteiger partial charge in [-0.15, -0.1) is 11.3 Å². The average Bonchev–Trinajstić information content (AvgIpc) is 3.96. The van der Waals surface area contributed by atoms with Crippen LogP contribution in [0.25, 0.3) is 21.5 Å². The number of nitrogens with zero attached hydrogens (tertiary/aromatic N) is 3. The number of hydrogen-bond donors (Lipinski definition) is 8. The van der Waals surface area contributed by atoms with Crippen molar-refractivity contribution >= 4 is 141 Å². The molecule has 0 spiro atoms. The Morgan fingerprint density at radius 1 is 0.779 bits per heavy atom. The molecule has 20 nitrogen and oxygen atoms in total. The Morgan fingerprint density at radius 2 is 1.40 bits per heavy atom. The van der Waals surface area contributed by atoms with Crippen LogP contribution in [0, 0.1) is 5.92 Å². The molecule has 0 saturated carbocycles. The topological polar surface area (TPSA) is 308 Å². The molecular formula is C45H57N9Na2O11S. The van der Waals surface area contributed by atoms with Crippen molar-refractivity contribution in [1.82, 2.24) is 30.7 Å². The monoisotopic (exact) mass is 977 g/mol. The first-order valence-electron chi connectivity index (χ1n) is 21.3. The van der Waals surface area contributed by atoms with Crippen molar-refractivity contribution in [1.29, 1.82) is 0 Å². The van der Waals surface area contributed by atoms with E-state index in [1.807, 2.05) is 47.8 Å². The number of H-pyrrole nitrogens is 1. The quantitative estimate of drug-likeness (QED) is 0.0365. The summed E-state index contributed by atoms with van der Waals surface area (Å²) in [4.78, 5) is 129. The Balaban J connectivity index is 0.00000612. The molecule has 1 saturated heterocycles. The summed E-state index contributed by atoms with van der Waals surface area (Å²) >= 11 is 1.39. The van der Waals surface area contributed by atoms with Crippen LogP contribution in [0.5, 0.6) is 0 Å². The summed E-state index contributed by atoms with van der Waals surface area (Å²) < 4.78 is 0. The predicted molar refractivity (Wildman–Crippen MR) is 258 cm³/mol. The Morgan fingerprint density at radius 3 is 1.99 bits per heavy atom. The number of carboxylic acids is 2. The van der Waals surface area contributed by atoms with Crippen molar-refractivity contribution < 1.29 is 53.4 Å². The normalized spacial score (nSPS) is 14.5. The standard InChI is InChI=1S/C45H55N9O11S.2Na.2H/c1-26(2)19-34(48-37(56)24-46)44(64)54(28(25-55)20-30-29-11-6-7-12-32(29)49-41(30)36-13-8-18-66-36)45(65)35(23-40(60)61)51-43(63)33(50-42(62)31(47)21-39(58)59)22-38(57)53-16-14-52(15-17-53)27-9-4-3-5-10-27;;;;/h3-13,18,25-26,28,31,33-35,49H,14-17,19-24,46-47H2,1-2H3,(H,48,56)(H,50,62)(H,51,63)(H,58,59)(H,60,61);;;;/t28-,31+,33-,34-,35-;;;;/m1..../s1. The molecular weight excluding hydrogens is 921 g/mol. The number of aromatic nitrogens is 1. The van der Waals surface area contributed by atoms with E-state index < -0.39 is 103 Å². The molecule has 1 fully saturated rings. The maximum absolute atomic E-state index is 15.0. The fourth-order valence-corrected chi connectivity index (χ4v) is 8.50. The number of thiophene rings is 1. The maximum atomic E-state index is 15.0. The van der Waals surface area contributed by atoms with Gasteiger partial charge in [-0.05, 0) is 47.5 Å². The number of imide groups is 1. The summed E-state index contributed by atoms with van der Waals surface area (Å²) in [5.41, 5.74) is 14.1. The van der Waals surface area contributed by atoms with Gasteiger partial charge in [-0.3, -0.25) is 43.3 Å². The van der Waals surface area contributed by atoms with Crippen LogP contribution in [-0.2, 0) is 49.6 Å². The van der Waals surface area contributed by atoms with E-state index in [9.17, 15) is 53.4 Å². The first kappa shape index (κ1) is 57.3. The molecule has 1 aliphatic heterocycles. The van der Waals surface area contributed by atoms with Crippen LogP contribution in [0.3, 0.4) is 0 Å². The first-order valence-corrected chi connectivity index (χ1v) is 22.2. The predicted octanol–water partition coefficient (Wildman–Crippen LogP) is -0.461. The van der Waals surface area contributed by atoms with E-state index in [1.165, 1.54) is 16.2 Å². The second-order valence-electron chi connectivity index (χ2n) is 16.2. The summed E-state index contributed by atoms with van der Waals surface area (Å²) in [5, 5.41) is 29.0. The van der Waals surface area contributed by atoms with E-state index in [4.69, 9.17) is 11.5 Å². The Hall–Kier alpha value is -4.97. The minimum atomic E-state index is -2.11. The number of amides is 6. The molecule has 10 N–H and O–H groups in total. The first-order chi connectivity index (χ1) is 31.5. The van der Waals surface area contributed by atoms with Gasteiger partial charge in [-0.25, -0.2) is 0 Å². The van der Waals surface area contributed by atoms with Crippen LogP contribution in [0.1, 0.15) is 45.1 Å². The molecule has 0 aliphatic carbocycles. The van der Waals surface area contributed by atoms with Crippen LogP contribution in [0.4, 0.5) is 5.69 Å². The van der Waals surface area contributed by atoms with Gasteiger partial charge in [0.15, 0.2) is 0 Å². The molecule has 1 aliphatic rings. The van der Waals surface area contributed by atoms with Crippen molar-refractivity contribution in [3.05, 3.63) is 77.7 Å². The van der Waals surface area contributed by atoms with Crippen LogP contribution in [0.15, 0.2) is 72.1 Å². The van der Waals surface area contributed by atoms with Crippen LogP contribution >= 0.6 is 11.3 Å². The minimum absolute atomic E-state index is 0. The van der Waals surface area contributed by atoms with E-state index in [0.29, 0.717) is 46.4 Å². The van der Waals surface area contributed by atoms with E-state index in [-0.39, 0.29) is 91.0 Å². The number of aldehydes is 1. The number of carbonyl (C=O) groups is 9. The fraction of sp³-hybridized carbons (Fsp3) is 0.400. The zero-order valence-corrected chi connectivity index (χ0v) is 37.3.